The number of hydrogen-bond acceptors (Lipinski definition) is 6. The Morgan fingerprint density at radius 1 is 1.48 bits per heavy atom. The Labute approximate surface area is 151 Å². The maximum Gasteiger partial charge on any atom is 0.323 e. The first-order valence-electron chi connectivity index (χ1n) is 7.68. The van der Waals surface area contributed by atoms with Crippen LogP contribution in [0.3, 0.4) is 0 Å². The molecule has 3 unspecified atom stereocenters. The molecule has 7 nitrogen and oxygen atoms in total. The van der Waals surface area contributed by atoms with E-state index in [1.54, 1.807) is 13.4 Å². The Balaban J connectivity index is 1.74. The molecule has 1 fully saturated rings. The van der Waals surface area contributed by atoms with Gasteiger partial charge in [0.15, 0.2) is 5.65 Å². The summed E-state index contributed by atoms with van der Waals surface area (Å²) < 4.78 is 13.6. The second-order valence-electron chi connectivity index (χ2n) is 5.48. The second kappa shape index (κ2) is 8.05. The number of imidazole rings is 1. The molecule has 3 heterocycles. The molecule has 23 heavy (non-hydrogen) atoms. The van der Waals surface area contributed by atoms with Crippen molar-refractivity contribution < 1.29 is 9.26 Å². The van der Waals surface area contributed by atoms with Gasteiger partial charge in [-0.3, -0.25) is 4.57 Å². The van der Waals surface area contributed by atoms with Crippen LogP contribution in [0.15, 0.2) is 12.7 Å². The molecule has 0 amide bonds. The van der Waals surface area contributed by atoms with Crippen LogP contribution in [0.5, 0.6) is 0 Å². The number of rotatable bonds is 7. The minimum atomic E-state index is 0.00986. The quantitative estimate of drug-likeness (QED) is 0.305. The molecule has 0 bridgehead atoms. The van der Waals surface area contributed by atoms with Crippen LogP contribution in [-0.2, 0) is 9.26 Å². The van der Waals surface area contributed by atoms with Crippen molar-refractivity contribution in [3.05, 3.63) is 12.7 Å². The van der Waals surface area contributed by atoms with Gasteiger partial charge < -0.3 is 14.5 Å². The van der Waals surface area contributed by atoms with Crippen molar-refractivity contribution in [1.82, 2.24) is 19.5 Å². The Morgan fingerprint density at radius 2 is 2.35 bits per heavy atom. The van der Waals surface area contributed by atoms with Crippen molar-refractivity contribution in [2.45, 2.75) is 38.4 Å². The first-order valence-corrected chi connectivity index (χ1v) is 10.0. The average molecular weight is 447 g/mol. The van der Waals surface area contributed by atoms with Gasteiger partial charge in [-0.1, -0.05) is 6.82 Å². The van der Waals surface area contributed by atoms with E-state index >= 15 is 0 Å². The first kappa shape index (κ1) is 17.3. The minimum Gasteiger partial charge on any atom is -0.402 e. The van der Waals surface area contributed by atoms with Gasteiger partial charge in [-0.25, -0.2) is 15.0 Å². The summed E-state index contributed by atoms with van der Waals surface area (Å²) in [7, 11) is 2.30. The lowest BCUT2D eigenvalue weighted by Gasteiger charge is -2.15. The number of fused-ring (bicyclic) bond motifs is 1. The van der Waals surface area contributed by atoms with Gasteiger partial charge in [0.2, 0.25) is 0 Å². The van der Waals surface area contributed by atoms with E-state index in [0.29, 0.717) is 14.9 Å². The van der Waals surface area contributed by atoms with E-state index in [9.17, 15) is 0 Å². The molecule has 0 radical (unpaired) electrons. The Morgan fingerprint density at radius 3 is 3.13 bits per heavy atom. The van der Waals surface area contributed by atoms with Crippen LogP contribution in [0, 0.1) is 0 Å². The van der Waals surface area contributed by atoms with Crippen molar-refractivity contribution in [3.63, 3.8) is 0 Å². The van der Waals surface area contributed by atoms with Crippen LogP contribution < -0.4 is 5.23 Å². The molecule has 2 aromatic rings. The summed E-state index contributed by atoms with van der Waals surface area (Å²) in [6, 6.07) is 0. The van der Waals surface area contributed by atoms with E-state index in [0.717, 1.165) is 42.4 Å². The predicted molar refractivity (Wildman–Crippen MR) is 103 cm³/mol. The monoisotopic (exact) mass is 447 g/mol. The van der Waals surface area contributed by atoms with Crippen molar-refractivity contribution in [2.75, 3.05) is 18.5 Å². The summed E-state index contributed by atoms with van der Waals surface area (Å²) in [5, 5.41) is 3.30. The van der Waals surface area contributed by atoms with Crippen molar-refractivity contribution in [3.8, 4) is 0 Å². The molecule has 0 saturated carbocycles. The van der Waals surface area contributed by atoms with E-state index in [4.69, 9.17) is 9.26 Å². The Bertz CT molecular complexity index is 658. The summed E-state index contributed by atoms with van der Waals surface area (Å²) in [5.74, 6) is 0.770. The van der Waals surface area contributed by atoms with Gasteiger partial charge >= 0.3 is 4.70 Å². The molecule has 0 aliphatic carbocycles. The fraction of sp³-hybridized carbons (Fsp3) is 0.615. The number of halogens is 1. The number of ether oxygens (including phenoxy) is 1. The topological polar surface area (TPSA) is 74.1 Å². The van der Waals surface area contributed by atoms with E-state index in [1.807, 2.05) is 10.9 Å². The summed E-state index contributed by atoms with van der Waals surface area (Å²) in [6.07, 6.45) is 7.86. The third-order valence-corrected chi connectivity index (χ3v) is 4.90. The number of nitrogens with zero attached hydrogens (tertiary/aromatic N) is 4. The normalized spacial score (nSPS) is 21.5. The predicted octanol–water partition coefficient (Wildman–Crippen LogP) is 3.10. The van der Waals surface area contributed by atoms with Gasteiger partial charge in [-0.15, -0.1) is 22.4 Å². The SMILES string of the molecule is COPCCC1CCC(n2cnc3c(NB(C)I)ncnc32)O1. The highest BCUT2D eigenvalue weighted by molar-refractivity contribution is 14.1. The van der Waals surface area contributed by atoms with E-state index in [-0.39, 0.29) is 10.9 Å². The average Bonchev–Trinajstić information content (AvgIpc) is 3.14. The zero-order valence-electron chi connectivity index (χ0n) is 13.2. The molecular formula is C13H20BIN5O2P. The van der Waals surface area contributed by atoms with Gasteiger partial charge in [-0.05, 0) is 25.4 Å². The molecule has 3 rings (SSSR count). The Hall–Kier alpha value is -0.505. The van der Waals surface area contributed by atoms with Crippen molar-refractivity contribution >= 4 is 52.9 Å². The zero-order chi connectivity index (χ0) is 16.2. The van der Waals surface area contributed by atoms with Crippen LogP contribution in [0.25, 0.3) is 11.2 Å². The molecule has 1 aliphatic heterocycles. The van der Waals surface area contributed by atoms with E-state index in [1.165, 1.54) is 0 Å². The summed E-state index contributed by atoms with van der Waals surface area (Å²) in [6.45, 7) is 2.07. The Kier molecular flexibility index (Phi) is 6.06. The van der Waals surface area contributed by atoms with Gasteiger partial charge in [0.25, 0.3) is 0 Å². The van der Waals surface area contributed by atoms with Gasteiger partial charge in [-0.2, -0.15) is 0 Å². The number of hydrogen-bond donors (Lipinski definition) is 1. The molecule has 3 atom stereocenters. The van der Waals surface area contributed by atoms with Gasteiger partial charge in [0.05, 0.1) is 12.4 Å². The number of anilines is 1. The van der Waals surface area contributed by atoms with Crippen LogP contribution in [-0.4, -0.2) is 43.6 Å². The van der Waals surface area contributed by atoms with Crippen molar-refractivity contribution in [1.29, 1.82) is 0 Å². The smallest absolute Gasteiger partial charge is 0.323 e. The third-order valence-electron chi connectivity index (χ3n) is 3.80. The molecule has 1 saturated heterocycles. The van der Waals surface area contributed by atoms with Crippen LogP contribution in [0.1, 0.15) is 25.5 Å². The third kappa shape index (κ3) is 4.13. The highest BCUT2D eigenvalue weighted by Crippen LogP contribution is 2.33. The maximum atomic E-state index is 6.17. The molecule has 10 heteroatoms. The lowest BCUT2D eigenvalue weighted by atomic mass is 10.0. The second-order valence-corrected chi connectivity index (χ2v) is 8.55. The maximum absolute atomic E-state index is 6.17. The molecule has 2 aromatic heterocycles. The minimum absolute atomic E-state index is 0.00986. The van der Waals surface area contributed by atoms with Crippen molar-refractivity contribution in [2.24, 2.45) is 0 Å². The number of nitrogens with one attached hydrogen (secondary N) is 1. The summed E-state index contributed by atoms with van der Waals surface area (Å²) in [4.78, 5) is 13.2. The van der Waals surface area contributed by atoms with Gasteiger partial charge in [0.1, 0.15) is 23.9 Å². The molecule has 0 aromatic carbocycles. The lowest BCUT2D eigenvalue weighted by Crippen LogP contribution is -2.14. The fourth-order valence-corrected chi connectivity index (χ4v) is 3.72. The molecule has 124 valence electrons. The van der Waals surface area contributed by atoms with E-state index in [2.05, 4.69) is 49.4 Å². The molecule has 1 aliphatic rings. The van der Waals surface area contributed by atoms with Crippen LogP contribution >= 0.6 is 31.2 Å². The van der Waals surface area contributed by atoms with Crippen LogP contribution in [0.4, 0.5) is 5.82 Å². The first-order chi connectivity index (χ1) is 11.2. The van der Waals surface area contributed by atoms with Crippen LogP contribution in [0.2, 0.25) is 6.82 Å². The highest BCUT2D eigenvalue weighted by Gasteiger charge is 2.28. The fourth-order valence-electron chi connectivity index (χ4n) is 2.78. The molecule has 1 N–H and O–H groups in total. The van der Waals surface area contributed by atoms with Gasteiger partial charge in [0, 0.05) is 15.9 Å². The molecule has 0 spiro atoms. The standard InChI is InChI=1S/C13H20BIN5O2P/c1-14(15)19-12-11-13(17-7-16-12)20(8-18-11)10-4-3-9(22-10)5-6-23-21-2/h7-10,23H,3-6H2,1-2H3,(H,16,17,19). The zero-order valence-corrected chi connectivity index (χ0v) is 16.4. The lowest BCUT2D eigenvalue weighted by molar-refractivity contribution is 0.00323. The summed E-state index contributed by atoms with van der Waals surface area (Å²) in [5.41, 5.74) is 1.62. The summed E-state index contributed by atoms with van der Waals surface area (Å²) >= 11 is 2.30. The number of aromatic nitrogens is 4. The largest absolute Gasteiger partial charge is 0.402 e. The van der Waals surface area contributed by atoms with E-state index < -0.39 is 0 Å². The molecular weight excluding hydrogens is 427 g/mol. The highest BCUT2D eigenvalue weighted by atomic mass is 127.